The lowest BCUT2D eigenvalue weighted by atomic mass is 10.1. The minimum Gasteiger partial charge on any atom is -0.494 e. The maximum Gasteiger partial charge on any atom is 0.255 e. The zero-order valence-corrected chi connectivity index (χ0v) is 14.9. The van der Waals surface area contributed by atoms with E-state index in [1.54, 1.807) is 0 Å². The maximum atomic E-state index is 12.4. The minimum atomic E-state index is -0.0989. The zero-order chi connectivity index (χ0) is 17.4. The van der Waals surface area contributed by atoms with Crippen LogP contribution in [0.25, 0.3) is 0 Å². The number of benzene rings is 2. The molecule has 1 N–H and O–H groups in total. The summed E-state index contributed by atoms with van der Waals surface area (Å²) < 4.78 is 5.71. The molecule has 2 aromatic rings. The third-order valence-corrected chi connectivity index (χ3v) is 4.24. The number of hydrogen-bond donors (Lipinski definition) is 1. The third-order valence-electron chi connectivity index (χ3n) is 4.24. The number of carbonyl (C=O) groups excluding carboxylic acids is 1. The lowest BCUT2D eigenvalue weighted by molar-refractivity contribution is 0.102. The number of amides is 1. The normalized spacial score (nSPS) is 10.5. The maximum absolute atomic E-state index is 12.4. The molecule has 0 unspecified atom stereocenters. The summed E-state index contributed by atoms with van der Waals surface area (Å²) in [7, 11) is 0. The van der Waals surface area contributed by atoms with E-state index in [2.05, 4.69) is 12.2 Å². The van der Waals surface area contributed by atoms with E-state index in [9.17, 15) is 4.79 Å². The van der Waals surface area contributed by atoms with Crippen LogP contribution in [0.1, 0.15) is 54.1 Å². The highest BCUT2D eigenvalue weighted by molar-refractivity contribution is 6.04. The van der Waals surface area contributed by atoms with Gasteiger partial charge in [-0.3, -0.25) is 4.79 Å². The summed E-state index contributed by atoms with van der Waals surface area (Å²) in [6.45, 7) is 6.98. The van der Waals surface area contributed by atoms with E-state index in [4.69, 9.17) is 4.74 Å². The summed E-state index contributed by atoms with van der Waals surface area (Å²) in [5.41, 5.74) is 3.75. The second-order valence-corrected chi connectivity index (χ2v) is 6.14. The Labute approximate surface area is 145 Å². The van der Waals surface area contributed by atoms with Crippen molar-refractivity contribution in [3.8, 4) is 5.75 Å². The summed E-state index contributed by atoms with van der Waals surface area (Å²) in [6, 6.07) is 13.2. The van der Waals surface area contributed by atoms with Gasteiger partial charge in [0.1, 0.15) is 5.75 Å². The van der Waals surface area contributed by atoms with Crippen LogP contribution in [0.5, 0.6) is 5.75 Å². The van der Waals surface area contributed by atoms with Crippen molar-refractivity contribution in [1.29, 1.82) is 0 Å². The lowest BCUT2D eigenvalue weighted by Gasteiger charge is -2.11. The molecule has 128 valence electrons. The fraction of sp³-hybridized carbons (Fsp3) is 0.381. The summed E-state index contributed by atoms with van der Waals surface area (Å²) >= 11 is 0. The van der Waals surface area contributed by atoms with Crippen LogP contribution in [0.15, 0.2) is 42.5 Å². The Kier molecular flexibility index (Phi) is 6.86. The highest BCUT2D eigenvalue weighted by Gasteiger charge is 2.08. The summed E-state index contributed by atoms with van der Waals surface area (Å²) in [5.74, 6) is 0.716. The van der Waals surface area contributed by atoms with Crippen molar-refractivity contribution < 1.29 is 9.53 Å². The van der Waals surface area contributed by atoms with Gasteiger partial charge in [0, 0.05) is 11.3 Å². The second-order valence-electron chi connectivity index (χ2n) is 6.14. The number of ether oxygens (including phenoxy) is 1. The molecular formula is C21H27NO2. The standard InChI is InChI=1S/C21H27NO2/c1-4-5-6-7-15-24-19-13-11-18(12-14-19)21(23)22-20-10-8-9-16(2)17(20)3/h8-14H,4-7,15H2,1-3H3,(H,22,23). The first-order valence-electron chi connectivity index (χ1n) is 8.72. The average molecular weight is 325 g/mol. The van der Waals surface area contributed by atoms with Crippen molar-refractivity contribution in [3.63, 3.8) is 0 Å². The predicted octanol–water partition coefficient (Wildman–Crippen LogP) is 5.51. The smallest absolute Gasteiger partial charge is 0.255 e. The molecule has 0 radical (unpaired) electrons. The van der Waals surface area contributed by atoms with E-state index in [0.717, 1.165) is 30.0 Å². The van der Waals surface area contributed by atoms with Gasteiger partial charge < -0.3 is 10.1 Å². The van der Waals surface area contributed by atoms with Crippen molar-refractivity contribution in [2.45, 2.75) is 46.5 Å². The fourth-order valence-electron chi connectivity index (χ4n) is 2.50. The second kappa shape index (κ2) is 9.11. The van der Waals surface area contributed by atoms with Crippen molar-refractivity contribution in [2.75, 3.05) is 11.9 Å². The number of rotatable bonds is 8. The Hall–Kier alpha value is -2.29. The van der Waals surface area contributed by atoms with E-state index >= 15 is 0 Å². The molecule has 0 saturated carbocycles. The van der Waals surface area contributed by atoms with Crippen LogP contribution >= 0.6 is 0 Å². The lowest BCUT2D eigenvalue weighted by Crippen LogP contribution is -2.13. The molecule has 1 amide bonds. The number of unbranched alkanes of at least 4 members (excludes halogenated alkanes) is 3. The molecule has 0 aliphatic carbocycles. The van der Waals surface area contributed by atoms with Crippen LogP contribution in [-0.2, 0) is 0 Å². The molecule has 0 heterocycles. The van der Waals surface area contributed by atoms with Crippen molar-refractivity contribution >= 4 is 11.6 Å². The molecule has 0 fully saturated rings. The van der Waals surface area contributed by atoms with E-state index in [-0.39, 0.29) is 5.91 Å². The van der Waals surface area contributed by atoms with E-state index < -0.39 is 0 Å². The molecule has 0 aromatic heterocycles. The van der Waals surface area contributed by atoms with E-state index in [1.807, 2.05) is 56.3 Å². The summed E-state index contributed by atoms with van der Waals surface area (Å²) in [5, 5.41) is 2.97. The van der Waals surface area contributed by atoms with Gasteiger partial charge in [-0.05, 0) is 61.7 Å². The summed E-state index contributed by atoms with van der Waals surface area (Å²) in [6.07, 6.45) is 4.75. The number of aryl methyl sites for hydroxylation is 1. The monoisotopic (exact) mass is 325 g/mol. The van der Waals surface area contributed by atoms with Gasteiger partial charge in [-0.2, -0.15) is 0 Å². The van der Waals surface area contributed by atoms with Gasteiger partial charge in [0.05, 0.1) is 6.61 Å². The SMILES string of the molecule is CCCCCCOc1ccc(C(=O)Nc2cccc(C)c2C)cc1. The Morgan fingerprint density at radius 2 is 1.75 bits per heavy atom. The van der Waals surface area contributed by atoms with Gasteiger partial charge in [-0.15, -0.1) is 0 Å². The van der Waals surface area contributed by atoms with Crippen LogP contribution in [0.2, 0.25) is 0 Å². The third kappa shape index (κ3) is 5.12. The highest BCUT2D eigenvalue weighted by Crippen LogP contribution is 2.20. The quantitative estimate of drug-likeness (QED) is 0.649. The van der Waals surface area contributed by atoms with Gasteiger partial charge in [0.2, 0.25) is 0 Å². The van der Waals surface area contributed by atoms with Crippen molar-refractivity contribution in [2.24, 2.45) is 0 Å². The van der Waals surface area contributed by atoms with Crippen molar-refractivity contribution in [1.82, 2.24) is 0 Å². The molecule has 0 aliphatic heterocycles. The molecule has 0 atom stereocenters. The van der Waals surface area contributed by atoms with Gasteiger partial charge >= 0.3 is 0 Å². The number of hydrogen-bond acceptors (Lipinski definition) is 2. The van der Waals surface area contributed by atoms with E-state index in [0.29, 0.717) is 5.56 Å². The molecule has 24 heavy (non-hydrogen) atoms. The molecule has 3 nitrogen and oxygen atoms in total. The Morgan fingerprint density at radius 1 is 1.00 bits per heavy atom. The number of anilines is 1. The van der Waals surface area contributed by atoms with Crippen LogP contribution in [0.4, 0.5) is 5.69 Å². The van der Waals surface area contributed by atoms with Gasteiger partial charge in [-0.1, -0.05) is 38.3 Å². The topological polar surface area (TPSA) is 38.3 Å². The Bertz CT molecular complexity index is 662. The molecule has 2 rings (SSSR count). The van der Waals surface area contributed by atoms with Crippen molar-refractivity contribution in [3.05, 3.63) is 59.2 Å². The largest absolute Gasteiger partial charge is 0.494 e. The number of carbonyl (C=O) groups is 1. The summed E-state index contributed by atoms with van der Waals surface area (Å²) in [4.78, 5) is 12.4. The first kappa shape index (κ1) is 18.1. The molecule has 0 spiro atoms. The molecule has 2 aromatic carbocycles. The molecule has 0 bridgehead atoms. The first-order chi connectivity index (χ1) is 11.6. The Morgan fingerprint density at radius 3 is 2.46 bits per heavy atom. The molecule has 3 heteroatoms. The first-order valence-corrected chi connectivity index (χ1v) is 8.72. The number of nitrogens with one attached hydrogen (secondary N) is 1. The highest BCUT2D eigenvalue weighted by atomic mass is 16.5. The average Bonchev–Trinajstić information content (AvgIpc) is 2.59. The van der Waals surface area contributed by atoms with Gasteiger partial charge in [0.15, 0.2) is 0 Å². The molecular weight excluding hydrogens is 298 g/mol. The minimum absolute atomic E-state index is 0.0989. The fourth-order valence-corrected chi connectivity index (χ4v) is 2.50. The zero-order valence-electron chi connectivity index (χ0n) is 14.9. The molecule has 0 saturated heterocycles. The van der Waals surface area contributed by atoms with E-state index in [1.165, 1.54) is 24.8 Å². The van der Waals surface area contributed by atoms with Gasteiger partial charge in [0.25, 0.3) is 5.91 Å². The molecule has 0 aliphatic rings. The predicted molar refractivity (Wildman–Crippen MR) is 99.9 cm³/mol. The van der Waals surface area contributed by atoms with Crippen LogP contribution in [0.3, 0.4) is 0 Å². The van der Waals surface area contributed by atoms with Crippen LogP contribution in [0, 0.1) is 13.8 Å². The van der Waals surface area contributed by atoms with Gasteiger partial charge in [-0.25, -0.2) is 0 Å². The van der Waals surface area contributed by atoms with Crippen LogP contribution in [-0.4, -0.2) is 12.5 Å². The van der Waals surface area contributed by atoms with Crippen LogP contribution < -0.4 is 10.1 Å². The Balaban J connectivity index is 1.90.